The Labute approximate surface area is 191 Å². The molecule has 0 bridgehead atoms. The van der Waals surface area contributed by atoms with Gasteiger partial charge in [-0.15, -0.1) is 0 Å². The van der Waals surface area contributed by atoms with Crippen LogP contribution in [0.5, 0.6) is 23.0 Å². The van der Waals surface area contributed by atoms with Gasteiger partial charge in [0, 0.05) is 1.37 Å². The van der Waals surface area contributed by atoms with E-state index in [1.165, 1.54) is 0 Å². The van der Waals surface area contributed by atoms with Gasteiger partial charge in [0.2, 0.25) is 0 Å². The van der Waals surface area contributed by atoms with E-state index in [1.54, 1.807) is 0 Å². The highest BCUT2D eigenvalue weighted by atomic mass is 16.5. The van der Waals surface area contributed by atoms with Crippen molar-refractivity contribution in [3.63, 3.8) is 0 Å². The van der Waals surface area contributed by atoms with E-state index in [9.17, 15) is 9.59 Å². The Morgan fingerprint density at radius 3 is 1.62 bits per heavy atom. The number of carbonyl (C=O) groups excluding carboxylic acids is 2. The first-order chi connectivity index (χ1) is 19.8. The summed E-state index contributed by atoms with van der Waals surface area (Å²) < 4.78 is 130. The van der Waals surface area contributed by atoms with E-state index in [0.717, 1.165) is 48.6 Å². The molecule has 0 saturated heterocycles. The van der Waals surface area contributed by atoms with E-state index in [2.05, 4.69) is 0 Å². The Morgan fingerprint density at radius 2 is 1.21 bits per heavy atom. The summed E-state index contributed by atoms with van der Waals surface area (Å²) in [6.45, 7) is 0. The summed E-state index contributed by atoms with van der Waals surface area (Å²) in [5.41, 5.74) is -0.106. The maximum absolute atomic E-state index is 12.7. The lowest BCUT2D eigenvalue weighted by molar-refractivity contribution is -0.121. The molecule has 2 rings (SSSR count). The molecule has 0 amide bonds. The lowest BCUT2D eigenvalue weighted by Gasteiger charge is -2.07. The average Bonchev–Trinajstić information content (AvgIpc) is 2.82. The molecule has 0 spiro atoms. The van der Waals surface area contributed by atoms with E-state index >= 15 is 0 Å². The maximum atomic E-state index is 12.7. The van der Waals surface area contributed by atoms with Crippen LogP contribution in [0.1, 0.15) is 38.1 Å². The molecule has 0 unspecified atom stereocenters. The molecule has 2 aromatic carbocycles. The third kappa shape index (κ3) is 6.24. The zero-order chi connectivity index (χ0) is 33.8. The van der Waals surface area contributed by atoms with Crippen molar-refractivity contribution in [1.82, 2.24) is 0 Å². The zero-order valence-electron chi connectivity index (χ0n) is 29.6. The highest BCUT2D eigenvalue weighted by Gasteiger charge is 2.07. The molecular weight excluding hydrogens is 372 g/mol. The van der Waals surface area contributed by atoms with Gasteiger partial charge in [0.1, 0.15) is 0 Å². The molecule has 6 nitrogen and oxygen atoms in total. The Morgan fingerprint density at radius 1 is 0.793 bits per heavy atom. The predicted octanol–water partition coefficient (Wildman–Crippen LogP) is 3.98. The van der Waals surface area contributed by atoms with Crippen molar-refractivity contribution in [2.45, 2.75) is 6.40 Å². The van der Waals surface area contributed by atoms with Crippen molar-refractivity contribution in [2.24, 2.45) is 0 Å². The molecule has 6 heteroatoms. The summed E-state index contributed by atoms with van der Waals surface area (Å²) in [6, 6.07) is 4.46. The number of methoxy groups -OCH3 is 4. The zero-order valence-corrected chi connectivity index (χ0v) is 14.6. The molecule has 0 saturated carbocycles. The molecule has 0 radical (unpaired) electrons. The third-order valence-corrected chi connectivity index (χ3v) is 3.40. The Hall–Kier alpha value is -3.54. The number of rotatable bonds is 10. The van der Waals surface area contributed by atoms with Crippen molar-refractivity contribution in [3.05, 3.63) is 59.6 Å². The van der Waals surface area contributed by atoms with Crippen LogP contribution in [0.2, 0.25) is 0 Å². The van der Waals surface area contributed by atoms with E-state index in [-0.39, 0.29) is 11.1 Å². The topological polar surface area (TPSA) is 71.1 Å². The average molecular weight is 412 g/mol. The van der Waals surface area contributed by atoms with Gasteiger partial charge in [-0.3, -0.25) is 9.59 Å². The second kappa shape index (κ2) is 10.7. The number of hydrogen-bond donors (Lipinski definition) is 0. The van der Waals surface area contributed by atoms with Gasteiger partial charge in [0.25, 0.3) is 0 Å². The minimum absolute atomic E-state index is 0.0528. The van der Waals surface area contributed by atoms with Gasteiger partial charge in [0.05, 0.1) is 53.7 Å². The van der Waals surface area contributed by atoms with E-state index < -0.39 is 81.2 Å². The molecular formula is C23H24O6. The van der Waals surface area contributed by atoms with Crippen LogP contribution in [0.25, 0.3) is 12.2 Å². The molecule has 0 atom stereocenters. The quantitative estimate of drug-likeness (QED) is 0.435. The Kier molecular flexibility index (Phi) is 3.27. The van der Waals surface area contributed by atoms with Crippen LogP contribution in [-0.2, 0) is 9.59 Å². The normalized spacial score (nSPS) is 22.0. The molecule has 2 aromatic rings. The van der Waals surface area contributed by atoms with Gasteiger partial charge in [-0.05, 0) is 47.5 Å². The summed E-state index contributed by atoms with van der Waals surface area (Å²) in [6.07, 6.45) is -0.606. The molecule has 0 aliphatic rings. The van der Waals surface area contributed by atoms with Crippen molar-refractivity contribution >= 4 is 23.7 Å². The first-order valence-corrected chi connectivity index (χ1v) is 7.75. The van der Waals surface area contributed by atoms with Crippen LogP contribution in [-0.4, -0.2) is 39.7 Å². The molecule has 0 N–H and O–H groups in total. The van der Waals surface area contributed by atoms with Crippen LogP contribution in [0.15, 0.2) is 48.5 Å². The van der Waals surface area contributed by atoms with E-state index in [1.807, 2.05) is 0 Å². The molecule has 0 aliphatic heterocycles. The van der Waals surface area contributed by atoms with Gasteiger partial charge < -0.3 is 18.9 Å². The monoisotopic (exact) mass is 411 g/mol. The minimum Gasteiger partial charge on any atom is -0.493 e. The first-order valence-electron chi connectivity index (χ1n) is 15.3. The van der Waals surface area contributed by atoms with Gasteiger partial charge in [-0.25, -0.2) is 0 Å². The second-order valence-electron chi connectivity index (χ2n) is 5.27. The van der Waals surface area contributed by atoms with Crippen LogP contribution < -0.4 is 18.9 Å². The summed E-state index contributed by atoms with van der Waals surface area (Å²) in [5, 5.41) is 0. The Balaban J connectivity index is 2.33. The van der Waals surface area contributed by atoms with E-state index in [4.69, 9.17) is 39.5 Å². The smallest absolute Gasteiger partial charge is 0.163 e. The largest absolute Gasteiger partial charge is 0.493 e. The molecule has 0 heterocycles. The van der Waals surface area contributed by atoms with E-state index in [0.29, 0.717) is 0 Å². The second-order valence-corrected chi connectivity index (χ2v) is 5.27. The number of ether oxygens (including phenoxy) is 4. The Bertz CT molecular complexity index is 1330. The minimum atomic E-state index is -3.02. The molecule has 29 heavy (non-hydrogen) atoms. The maximum Gasteiger partial charge on any atom is 0.163 e. The molecule has 0 aliphatic carbocycles. The van der Waals surface area contributed by atoms with Gasteiger partial charge in [-0.2, -0.15) is 0 Å². The number of allylic oxidation sites excluding steroid dienone is 2. The van der Waals surface area contributed by atoms with Gasteiger partial charge >= 0.3 is 0 Å². The number of benzene rings is 2. The van der Waals surface area contributed by atoms with Crippen molar-refractivity contribution in [1.29, 1.82) is 0 Å². The van der Waals surface area contributed by atoms with Crippen LogP contribution in [0.3, 0.4) is 0 Å². The van der Waals surface area contributed by atoms with Gasteiger partial charge in [-0.1, -0.05) is 24.3 Å². The summed E-state index contributed by atoms with van der Waals surface area (Å²) in [7, 11) is -12.0. The van der Waals surface area contributed by atoms with Crippen LogP contribution in [0, 0.1) is 0 Å². The fraction of sp³-hybridized carbons (Fsp3) is 0.217. The van der Waals surface area contributed by atoms with Crippen LogP contribution >= 0.6 is 0 Å². The van der Waals surface area contributed by atoms with Crippen molar-refractivity contribution in [2.75, 3.05) is 28.2 Å². The number of hydrogen-bond acceptors (Lipinski definition) is 6. The first kappa shape index (κ1) is 8.86. The molecule has 0 fully saturated rings. The summed E-state index contributed by atoms with van der Waals surface area (Å²) in [4.78, 5) is 25.3. The van der Waals surface area contributed by atoms with Crippen molar-refractivity contribution < 1.29 is 49.1 Å². The highest BCUT2D eigenvalue weighted by molar-refractivity contribution is 6.10. The lowest BCUT2D eigenvalue weighted by Crippen LogP contribution is -2.02. The fourth-order valence-electron chi connectivity index (χ4n) is 2.07. The summed E-state index contributed by atoms with van der Waals surface area (Å²) in [5.74, 6) is -4.77. The molecule has 152 valence electrons. The standard InChI is InChI=1S/C23H24O6/c1-26-20-11-7-16(13-22(20)28-3)5-9-18(24)15-19(25)10-6-17-8-12-21(27-2)23(14-17)29-4/h5-14H,15H2,1-4H3/b9-5+,10-6+/i1D3,2D3,3D3,4D3,9D,10D,15D. The summed E-state index contributed by atoms with van der Waals surface area (Å²) >= 11 is 0. The predicted molar refractivity (Wildman–Crippen MR) is 112 cm³/mol. The highest BCUT2D eigenvalue weighted by Crippen LogP contribution is 2.28. The van der Waals surface area contributed by atoms with Gasteiger partial charge in [0.15, 0.2) is 34.6 Å². The fourth-order valence-corrected chi connectivity index (χ4v) is 2.07. The van der Waals surface area contributed by atoms with Crippen LogP contribution in [0.4, 0.5) is 0 Å². The number of ketones is 2. The molecule has 0 aromatic heterocycles. The van der Waals surface area contributed by atoms with Crippen molar-refractivity contribution in [3.8, 4) is 23.0 Å². The number of carbonyl (C=O) groups is 2. The lowest BCUT2D eigenvalue weighted by atomic mass is 10.1. The SMILES string of the molecule is [2H]/C(=C\c1ccc(OC([2H])([2H])[2H])c(OC([2H])([2H])[2H])c1)C(=O)C([2H])C(=O)/C([2H])=C/c1ccc(OC([2H])([2H])[2H])c(OC([2H])([2H])[2H])c1. The third-order valence-electron chi connectivity index (χ3n) is 3.40.